The van der Waals surface area contributed by atoms with Gasteiger partial charge in [-0.05, 0) is 37.5 Å². The fourth-order valence-corrected chi connectivity index (χ4v) is 2.55. The third kappa shape index (κ3) is 4.03. The average molecular weight is 317 g/mol. The van der Waals surface area contributed by atoms with Crippen LogP contribution in [0.1, 0.15) is 34.3 Å². The molecule has 0 aliphatic rings. The molecule has 2 heteroatoms. The van der Waals surface area contributed by atoms with E-state index >= 15 is 0 Å². The summed E-state index contributed by atoms with van der Waals surface area (Å²) in [5.41, 5.74) is 3.21. The number of aryl methyl sites for hydroxylation is 2. The SMILES string of the molecule is Cc1ccc(Br)c(C(=O)CCCc2ccccc2)c1. The normalized spacial score (nSPS) is 10.4. The maximum Gasteiger partial charge on any atom is 0.164 e. The molecule has 0 aliphatic carbocycles. The highest BCUT2D eigenvalue weighted by Crippen LogP contribution is 2.20. The van der Waals surface area contributed by atoms with Crippen LogP contribution in [0.2, 0.25) is 0 Å². The van der Waals surface area contributed by atoms with Crippen LogP contribution in [0.3, 0.4) is 0 Å². The summed E-state index contributed by atoms with van der Waals surface area (Å²) in [5, 5.41) is 0. The third-order valence-corrected chi connectivity index (χ3v) is 3.83. The Hall–Kier alpha value is -1.41. The molecule has 0 amide bonds. The number of halogens is 1. The summed E-state index contributed by atoms with van der Waals surface area (Å²) in [7, 11) is 0. The van der Waals surface area contributed by atoms with Crippen LogP contribution in [0, 0.1) is 6.92 Å². The Morgan fingerprint density at radius 2 is 1.84 bits per heavy atom. The van der Waals surface area contributed by atoms with Crippen molar-refractivity contribution in [1.82, 2.24) is 0 Å². The van der Waals surface area contributed by atoms with Crippen LogP contribution in [0.25, 0.3) is 0 Å². The molecule has 0 atom stereocenters. The van der Waals surface area contributed by atoms with Crippen molar-refractivity contribution in [2.24, 2.45) is 0 Å². The molecule has 98 valence electrons. The maximum absolute atomic E-state index is 12.2. The molecule has 0 fully saturated rings. The van der Waals surface area contributed by atoms with Crippen LogP contribution in [0.5, 0.6) is 0 Å². The lowest BCUT2D eigenvalue weighted by Gasteiger charge is -2.05. The summed E-state index contributed by atoms with van der Waals surface area (Å²) >= 11 is 3.45. The van der Waals surface area contributed by atoms with E-state index in [1.54, 1.807) is 0 Å². The molecule has 0 saturated carbocycles. The van der Waals surface area contributed by atoms with Crippen molar-refractivity contribution in [3.05, 3.63) is 69.7 Å². The van der Waals surface area contributed by atoms with Crippen molar-refractivity contribution >= 4 is 21.7 Å². The Labute approximate surface area is 122 Å². The van der Waals surface area contributed by atoms with Gasteiger partial charge >= 0.3 is 0 Å². The van der Waals surface area contributed by atoms with E-state index in [-0.39, 0.29) is 5.78 Å². The number of benzene rings is 2. The van der Waals surface area contributed by atoms with Crippen LogP contribution in [-0.4, -0.2) is 5.78 Å². The van der Waals surface area contributed by atoms with Crippen molar-refractivity contribution in [2.45, 2.75) is 26.2 Å². The smallest absolute Gasteiger partial charge is 0.164 e. The first-order valence-electron chi connectivity index (χ1n) is 6.50. The second-order valence-electron chi connectivity index (χ2n) is 4.75. The Kier molecular flexibility index (Phi) is 4.92. The zero-order valence-electron chi connectivity index (χ0n) is 11.0. The summed E-state index contributed by atoms with van der Waals surface area (Å²) in [6.07, 6.45) is 2.44. The molecule has 0 N–H and O–H groups in total. The molecule has 0 radical (unpaired) electrons. The molecule has 0 aliphatic heterocycles. The fourth-order valence-electron chi connectivity index (χ4n) is 2.09. The van der Waals surface area contributed by atoms with Crippen LogP contribution < -0.4 is 0 Å². The van der Waals surface area contributed by atoms with E-state index in [9.17, 15) is 4.79 Å². The summed E-state index contributed by atoms with van der Waals surface area (Å²) in [6, 6.07) is 16.2. The van der Waals surface area contributed by atoms with Gasteiger partial charge in [-0.3, -0.25) is 4.79 Å². The summed E-state index contributed by atoms with van der Waals surface area (Å²) in [6.45, 7) is 2.01. The van der Waals surface area contributed by atoms with E-state index in [1.165, 1.54) is 5.56 Å². The van der Waals surface area contributed by atoms with Crippen LogP contribution in [0.4, 0.5) is 0 Å². The van der Waals surface area contributed by atoms with Gasteiger partial charge in [0.25, 0.3) is 0 Å². The van der Waals surface area contributed by atoms with Crippen molar-refractivity contribution < 1.29 is 4.79 Å². The number of hydrogen-bond donors (Lipinski definition) is 0. The zero-order valence-corrected chi connectivity index (χ0v) is 12.6. The molecular formula is C17H17BrO. The fraction of sp³-hybridized carbons (Fsp3) is 0.235. The van der Waals surface area contributed by atoms with E-state index in [0.29, 0.717) is 6.42 Å². The number of carbonyl (C=O) groups is 1. The topological polar surface area (TPSA) is 17.1 Å². The Balaban J connectivity index is 1.93. The Morgan fingerprint density at radius 1 is 1.11 bits per heavy atom. The number of Topliss-reactive ketones (excluding diaryl/α,β-unsaturated/α-hetero) is 1. The molecule has 0 aromatic heterocycles. The second-order valence-corrected chi connectivity index (χ2v) is 5.60. The van der Waals surface area contributed by atoms with E-state index in [1.807, 2.05) is 43.3 Å². The lowest BCUT2D eigenvalue weighted by atomic mass is 10.0. The van der Waals surface area contributed by atoms with Crippen molar-refractivity contribution in [3.8, 4) is 0 Å². The highest BCUT2D eigenvalue weighted by atomic mass is 79.9. The number of rotatable bonds is 5. The van der Waals surface area contributed by atoms with Crippen molar-refractivity contribution in [2.75, 3.05) is 0 Å². The minimum absolute atomic E-state index is 0.214. The van der Waals surface area contributed by atoms with Gasteiger partial charge in [0.15, 0.2) is 5.78 Å². The molecule has 0 bridgehead atoms. The molecule has 1 nitrogen and oxygen atoms in total. The predicted octanol–water partition coefficient (Wildman–Crippen LogP) is 4.96. The predicted molar refractivity (Wildman–Crippen MR) is 82.6 cm³/mol. The van der Waals surface area contributed by atoms with Crippen LogP contribution in [0.15, 0.2) is 53.0 Å². The van der Waals surface area contributed by atoms with Gasteiger partial charge in [0, 0.05) is 16.5 Å². The minimum Gasteiger partial charge on any atom is -0.294 e. The number of hydrogen-bond acceptors (Lipinski definition) is 1. The highest BCUT2D eigenvalue weighted by Gasteiger charge is 2.09. The van der Waals surface area contributed by atoms with Crippen LogP contribution >= 0.6 is 15.9 Å². The first kappa shape index (κ1) is 14.0. The van der Waals surface area contributed by atoms with Gasteiger partial charge in [-0.15, -0.1) is 0 Å². The lowest BCUT2D eigenvalue weighted by molar-refractivity contribution is 0.0979. The third-order valence-electron chi connectivity index (χ3n) is 3.13. The number of ketones is 1. The molecule has 2 aromatic carbocycles. The van der Waals surface area contributed by atoms with Crippen LogP contribution in [-0.2, 0) is 6.42 Å². The summed E-state index contributed by atoms with van der Waals surface area (Å²) in [5.74, 6) is 0.214. The first-order valence-corrected chi connectivity index (χ1v) is 7.29. The Morgan fingerprint density at radius 3 is 2.58 bits per heavy atom. The summed E-state index contributed by atoms with van der Waals surface area (Å²) in [4.78, 5) is 12.2. The standard InChI is InChI=1S/C17H17BrO/c1-13-10-11-16(18)15(12-13)17(19)9-5-8-14-6-3-2-4-7-14/h2-4,6-7,10-12H,5,8-9H2,1H3. The summed E-state index contributed by atoms with van der Waals surface area (Å²) < 4.78 is 0.891. The molecule has 0 saturated heterocycles. The molecule has 19 heavy (non-hydrogen) atoms. The van der Waals surface area contributed by atoms with Gasteiger partial charge < -0.3 is 0 Å². The lowest BCUT2D eigenvalue weighted by Crippen LogP contribution is -2.01. The first-order chi connectivity index (χ1) is 9.16. The molecule has 0 unspecified atom stereocenters. The van der Waals surface area contributed by atoms with E-state index in [2.05, 4.69) is 28.1 Å². The van der Waals surface area contributed by atoms with Gasteiger partial charge in [0.05, 0.1) is 0 Å². The highest BCUT2D eigenvalue weighted by molar-refractivity contribution is 9.10. The van der Waals surface area contributed by atoms with Gasteiger partial charge in [-0.1, -0.05) is 57.9 Å². The minimum atomic E-state index is 0.214. The number of carbonyl (C=O) groups excluding carboxylic acids is 1. The van der Waals surface area contributed by atoms with Gasteiger partial charge in [0.1, 0.15) is 0 Å². The van der Waals surface area contributed by atoms with Gasteiger partial charge in [-0.2, -0.15) is 0 Å². The maximum atomic E-state index is 12.2. The Bertz CT molecular complexity index is 561. The molecule has 2 rings (SSSR count). The average Bonchev–Trinajstić information content (AvgIpc) is 2.42. The van der Waals surface area contributed by atoms with E-state index in [4.69, 9.17) is 0 Å². The van der Waals surface area contributed by atoms with Crippen molar-refractivity contribution in [3.63, 3.8) is 0 Å². The molecule has 2 aromatic rings. The quantitative estimate of drug-likeness (QED) is 0.712. The largest absolute Gasteiger partial charge is 0.294 e. The van der Waals surface area contributed by atoms with E-state index < -0.39 is 0 Å². The van der Waals surface area contributed by atoms with Crippen molar-refractivity contribution in [1.29, 1.82) is 0 Å². The monoisotopic (exact) mass is 316 g/mol. The molecule has 0 heterocycles. The van der Waals surface area contributed by atoms with Gasteiger partial charge in [0.2, 0.25) is 0 Å². The van der Waals surface area contributed by atoms with E-state index in [0.717, 1.165) is 28.4 Å². The molecule has 0 spiro atoms. The zero-order chi connectivity index (χ0) is 13.7. The van der Waals surface area contributed by atoms with Gasteiger partial charge in [-0.25, -0.2) is 0 Å². The second kappa shape index (κ2) is 6.67. The molecular weight excluding hydrogens is 300 g/mol.